The molecule has 2 nitrogen and oxygen atoms in total. The predicted octanol–water partition coefficient (Wildman–Crippen LogP) is 4.43. The molecule has 0 aliphatic carbocycles. The van der Waals surface area contributed by atoms with Crippen molar-refractivity contribution in [2.75, 3.05) is 0 Å². The van der Waals surface area contributed by atoms with Gasteiger partial charge in [-0.3, -0.25) is 0 Å². The first-order chi connectivity index (χ1) is 7.74. The maximum absolute atomic E-state index is 5.84. The van der Waals surface area contributed by atoms with Crippen molar-refractivity contribution in [1.29, 1.82) is 0 Å². The molecular weight excluding hydrogens is 226 g/mol. The molecule has 0 radical (unpaired) electrons. The molecule has 0 atom stereocenters. The lowest BCUT2D eigenvalue weighted by molar-refractivity contribution is 0.308. The number of nitrogens with zero attached hydrogens (tertiary/aromatic N) is 1. The molecular formula is C14H23NOSi. The van der Waals surface area contributed by atoms with E-state index in [0.29, 0.717) is 0 Å². The van der Waals surface area contributed by atoms with Gasteiger partial charge in [0.1, 0.15) is 0 Å². The summed E-state index contributed by atoms with van der Waals surface area (Å²) in [5.74, 6) is 0. The van der Waals surface area contributed by atoms with E-state index in [2.05, 4.69) is 39.0 Å². The van der Waals surface area contributed by atoms with E-state index in [0.717, 1.165) is 11.3 Å². The summed E-state index contributed by atoms with van der Waals surface area (Å²) in [5.41, 5.74) is 2.06. The van der Waals surface area contributed by atoms with Gasteiger partial charge in [0.2, 0.25) is 0 Å². The normalized spacial score (nSPS) is 13.6. The lowest BCUT2D eigenvalue weighted by atomic mass is 10.1. The summed E-state index contributed by atoms with van der Waals surface area (Å²) in [4.78, 5) is 0. The van der Waals surface area contributed by atoms with Crippen LogP contribution in [0.5, 0.6) is 0 Å². The van der Waals surface area contributed by atoms with Crippen LogP contribution in [0.1, 0.15) is 33.3 Å². The number of oxime groups is 1. The van der Waals surface area contributed by atoms with Crippen LogP contribution in [0.15, 0.2) is 35.5 Å². The van der Waals surface area contributed by atoms with E-state index in [-0.39, 0.29) is 5.04 Å². The van der Waals surface area contributed by atoms with E-state index in [1.165, 1.54) is 0 Å². The molecule has 0 amide bonds. The molecule has 0 spiro atoms. The molecule has 0 bridgehead atoms. The number of hydrogen-bond acceptors (Lipinski definition) is 2. The van der Waals surface area contributed by atoms with Gasteiger partial charge in [-0.25, -0.2) is 0 Å². The van der Waals surface area contributed by atoms with Crippen molar-refractivity contribution in [2.45, 2.75) is 45.8 Å². The van der Waals surface area contributed by atoms with Crippen molar-refractivity contribution in [2.24, 2.45) is 5.16 Å². The maximum Gasteiger partial charge on any atom is 0.286 e. The minimum absolute atomic E-state index is 0.188. The molecule has 0 fully saturated rings. The van der Waals surface area contributed by atoms with Crippen LogP contribution in [-0.4, -0.2) is 14.0 Å². The Balaban J connectivity index is 2.79. The van der Waals surface area contributed by atoms with E-state index < -0.39 is 8.32 Å². The lowest BCUT2D eigenvalue weighted by Crippen LogP contribution is -2.39. The fraction of sp³-hybridized carbons (Fsp3) is 0.500. The van der Waals surface area contributed by atoms with E-state index in [4.69, 9.17) is 4.53 Å². The van der Waals surface area contributed by atoms with Gasteiger partial charge >= 0.3 is 0 Å². The van der Waals surface area contributed by atoms with Crippen LogP contribution in [0.3, 0.4) is 0 Å². The summed E-state index contributed by atoms with van der Waals surface area (Å²) in [7, 11) is -1.79. The Morgan fingerprint density at radius 2 is 1.65 bits per heavy atom. The Bertz CT molecular complexity index is 390. The standard InChI is InChI=1S/C14H23NOSi/c1-12(13-10-8-7-9-11-13)15-16-17(5,6)14(2,3)4/h7-11H,1-6H3/b15-12+. The first-order valence-corrected chi connectivity index (χ1v) is 8.93. The first kappa shape index (κ1) is 14.0. The molecule has 17 heavy (non-hydrogen) atoms. The van der Waals surface area contributed by atoms with Gasteiger partial charge in [0.05, 0.1) is 5.71 Å². The molecule has 0 heterocycles. The van der Waals surface area contributed by atoms with Gasteiger partial charge < -0.3 is 4.53 Å². The third-order valence-corrected chi connectivity index (χ3v) is 7.57. The molecule has 0 aliphatic rings. The van der Waals surface area contributed by atoms with Gasteiger partial charge in [0.25, 0.3) is 8.32 Å². The predicted molar refractivity (Wildman–Crippen MR) is 76.9 cm³/mol. The minimum atomic E-state index is -1.79. The summed E-state index contributed by atoms with van der Waals surface area (Å²) in [5, 5.41) is 4.50. The minimum Gasteiger partial charge on any atom is -0.455 e. The fourth-order valence-electron chi connectivity index (χ4n) is 1.05. The van der Waals surface area contributed by atoms with Crippen LogP contribution in [-0.2, 0) is 4.53 Å². The quantitative estimate of drug-likeness (QED) is 0.441. The molecule has 0 aromatic heterocycles. The SMILES string of the molecule is C/C(=N\O[Si](C)(C)C(C)(C)C)c1ccccc1. The molecule has 1 rings (SSSR count). The monoisotopic (exact) mass is 249 g/mol. The van der Waals surface area contributed by atoms with Gasteiger partial charge in [0, 0.05) is 0 Å². The van der Waals surface area contributed by atoms with Gasteiger partial charge in [-0.2, -0.15) is 0 Å². The van der Waals surface area contributed by atoms with Gasteiger partial charge in [0.15, 0.2) is 0 Å². The molecule has 1 aromatic carbocycles. The number of benzene rings is 1. The van der Waals surface area contributed by atoms with Crippen LogP contribution in [0, 0.1) is 0 Å². The maximum atomic E-state index is 5.84. The second-order valence-corrected chi connectivity index (χ2v) is 10.6. The van der Waals surface area contributed by atoms with Crippen molar-refractivity contribution in [1.82, 2.24) is 0 Å². The van der Waals surface area contributed by atoms with Crippen molar-refractivity contribution < 1.29 is 4.53 Å². The van der Waals surface area contributed by atoms with Crippen LogP contribution < -0.4 is 0 Å². The summed E-state index contributed by atoms with van der Waals surface area (Å²) < 4.78 is 5.84. The van der Waals surface area contributed by atoms with Crippen LogP contribution in [0.2, 0.25) is 18.1 Å². The highest BCUT2D eigenvalue weighted by Gasteiger charge is 2.39. The van der Waals surface area contributed by atoms with Gasteiger partial charge in [-0.15, -0.1) is 5.16 Å². The van der Waals surface area contributed by atoms with Crippen molar-refractivity contribution in [3.8, 4) is 0 Å². The molecule has 0 saturated carbocycles. The third-order valence-electron chi connectivity index (χ3n) is 3.41. The highest BCUT2D eigenvalue weighted by Crippen LogP contribution is 2.36. The van der Waals surface area contributed by atoms with E-state index in [9.17, 15) is 0 Å². The first-order valence-electron chi connectivity index (χ1n) is 6.02. The second-order valence-electron chi connectivity index (χ2n) is 5.89. The smallest absolute Gasteiger partial charge is 0.286 e. The molecule has 0 unspecified atom stereocenters. The average molecular weight is 249 g/mol. The van der Waals surface area contributed by atoms with Crippen molar-refractivity contribution in [3.63, 3.8) is 0 Å². The van der Waals surface area contributed by atoms with E-state index >= 15 is 0 Å². The van der Waals surface area contributed by atoms with Crippen molar-refractivity contribution >= 4 is 14.0 Å². The van der Waals surface area contributed by atoms with Crippen LogP contribution >= 0.6 is 0 Å². The summed E-state index contributed by atoms with van der Waals surface area (Å²) >= 11 is 0. The Morgan fingerprint density at radius 3 is 2.12 bits per heavy atom. The largest absolute Gasteiger partial charge is 0.455 e. The zero-order chi connectivity index (χ0) is 13.1. The Kier molecular flexibility index (Phi) is 4.15. The highest BCUT2D eigenvalue weighted by molar-refractivity contribution is 6.74. The van der Waals surface area contributed by atoms with Crippen LogP contribution in [0.25, 0.3) is 0 Å². The Hall–Kier alpha value is -1.09. The van der Waals surface area contributed by atoms with Crippen molar-refractivity contribution in [3.05, 3.63) is 35.9 Å². The highest BCUT2D eigenvalue weighted by atomic mass is 28.4. The molecule has 1 aromatic rings. The van der Waals surface area contributed by atoms with E-state index in [1.54, 1.807) is 0 Å². The zero-order valence-corrected chi connectivity index (χ0v) is 12.7. The average Bonchev–Trinajstić information content (AvgIpc) is 2.25. The molecule has 0 N–H and O–H groups in total. The summed E-state index contributed by atoms with van der Waals surface area (Å²) in [6.45, 7) is 13.0. The topological polar surface area (TPSA) is 21.6 Å². The summed E-state index contributed by atoms with van der Waals surface area (Å²) in [6.07, 6.45) is 0. The molecule has 0 aliphatic heterocycles. The summed E-state index contributed by atoms with van der Waals surface area (Å²) in [6, 6.07) is 10.1. The van der Waals surface area contributed by atoms with Gasteiger partial charge in [-0.1, -0.05) is 51.1 Å². The Morgan fingerprint density at radius 1 is 1.12 bits per heavy atom. The van der Waals surface area contributed by atoms with Gasteiger partial charge in [-0.05, 0) is 30.6 Å². The Labute approximate surface area is 106 Å². The number of hydrogen-bond donors (Lipinski definition) is 0. The van der Waals surface area contributed by atoms with E-state index in [1.807, 2.05) is 37.3 Å². The second kappa shape index (κ2) is 5.04. The zero-order valence-electron chi connectivity index (χ0n) is 11.7. The molecule has 3 heteroatoms. The lowest BCUT2D eigenvalue weighted by Gasteiger charge is -2.33. The van der Waals surface area contributed by atoms with Crippen LogP contribution in [0.4, 0.5) is 0 Å². The fourth-order valence-corrected chi connectivity index (χ4v) is 1.69. The third kappa shape index (κ3) is 3.70. The molecule has 94 valence electrons. The number of rotatable bonds is 3. The molecule has 0 saturated heterocycles.